The second-order valence-electron chi connectivity index (χ2n) is 10.7. The van der Waals surface area contributed by atoms with E-state index in [1.54, 1.807) is 24.3 Å². The number of hydrogen-bond donors (Lipinski definition) is 1. The van der Waals surface area contributed by atoms with E-state index < -0.39 is 35.0 Å². The van der Waals surface area contributed by atoms with Gasteiger partial charge in [0, 0.05) is 28.1 Å². The van der Waals surface area contributed by atoms with Crippen molar-refractivity contribution in [2.24, 2.45) is 5.92 Å². The first kappa shape index (κ1) is 25.4. The van der Waals surface area contributed by atoms with E-state index in [-0.39, 0.29) is 27.8 Å². The third-order valence-electron chi connectivity index (χ3n) is 8.70. The zero-order chi connectivity index (χ0) is 28.5. The molecule has 4 aromatic rings. The van der Waals surface area contributed by atoms with Gasteiger partial charge in [-0.2, -0.15) is 0 Å². The van der Waals surface area contributed by atoms with Crippen LogP contribution in [-0.4, -0.2) is 29.6 Å². The molecule has 1 fully saturated rings. The van der Waals surface area contributed by atoms with Gasteiger partial charge in [-0.25, -0.2) is 4.39 Å². The van der Waals surface area contributed by atoms with Crippen LogP contribution < -0.4 is 10.2 Å². The van der Waals surface area contributed by atoms with Gasteiger partial charge < -0.3 is 10.2 Å². The van der Waals surface area contributed by atoms with E-state index >= 15 is 0 Å². The summed E-state index contributed by atoms with van der Waals surface area (Å²) >= 11 is 6.56. The molecule has 0 aliphatic carbocycles. The van der Waals surface area contributed by atoms with Crippen molar-refractivity contribution in [3.63, 3.8) is 0 Å². The van der Waals surface area contributed by atoms with Gasteiger partial charge in [-0.15, -0.1) is 0 Å². The summed E-state index contributed by atoms with van der Waals surface area (Å²) in [5.74, 6) is -2.77. The van der Waals surface area contributed by atoms with Crippen LogP contribution in [0.5, 0.6) is 0 Å². The minimum Gasteiger partial charge on any atom is -0.352 e. The Labute approximate surface area is 241 Å². The molecule has 0 radical (unpaired) electrons. The Kier molecular flexibility index (Phi) is 5.73. The quantitative estimate of drug-likeness (QED) is 0.280. The lowest BCUT2D eigenvalue weighted by atomic mass is 9.64. The Hall–Kier alpha value is -4.55. The molecule has 7 heteroatoms. The highest BCUT2D eigenvalue weighted by Crippen LogP contribution is 2.59. The number of benzene rings is 4. The lowest BCUT2D eigenvalue weighted by Gasteiger charge is -2.39. The fraction of sp³-hybridized carbons (Fsp3) is 0.147. The molecule has 3 aliphatic heterocycles. The first-order chi connectivity index (χ1) is 19.8. The molecule has 3 aliphatic rings. The summed E-state index contributed by atoms with van der Waals surface area (Å²) in [5.41, 5.74) is 2.91. The molecule has 0 aromatic heterocycles. The van der Waals surface area contributed by atoms with Crippen LogP contribution in [0.15, 0.2) is 103 Å². The van der Waals surface area contributed by atoms with E-state index in [0.29, 0.717) is 11.3 Å². The van der Waals surface area contributed by atoms with Crippen molar-refractivity contribution >= 4 is 46.0 Å². The number of nitrogens with zero attached hydrogens (tertiary/aromatic N) is 1. The molecular weight excluding hydrogens is 539 g/mol. The Morgan fingerprint density at radius 1 is 0.878 bits per heavy atom. The van der Waals surface area contributed by atoms with E-state index in [0.717, 1.165) is 16.8 Å². The van der Waals surface area contributed by atoms with Gasteiger partial charge in [0.25, 0.3) is 0 Å². The average Bonchev–Trinajstić information content (AvgIpc) is 3.45. The average molecular weight is 563 g/mol. The fourth-order valence-electron chi connectivity index (χ4n) is 7.00. The molecule has 1 spiro atoms. The first-order valence-electron chi connectivity index (χ1n) is 13.4. The molecule has 4 aromatic carbocycles. The van der Waals surface area contributed by atoms with Crippen LogP contribution in [0.4, 0.5) is 15.8 Å². The molecular formula is C34H24ClFN2O3. The maximum absolute atomic E-state index is 14.7. The number of fused-ring (bicyclic) bond motifs is 6. The van der Waals surface area contributed by atoms with Crippen LogP contribution in [0.1, 0.15) is 38.8 Å². The minimum atomic E-state index is -1.45. The summed E-state index contributed by atoms with van der Waals surface area (Å²) < 4.78 is 13.9. The summed E-state index contributed by atoms with van der Waals surface area (Å²) in [5, 5.41) is 3.27. The van der Waals surface area contributed by atoms with Crippen LogP contribution >= 0.6 is 11.6 Å². The standard InChI is InChI=1S/C34H24ClFN2O3/c1-19-18-28-34(24-10-4-6-12-26(24)37-33(34)41)29(31(39)20-14-16-21(36)17-15-20)30(32(40)23-9-2-5-11-25(23)35)38(28)27-13-7-3-8-22(19)27/h2-18,28-30H,1H3,(H,37,41). The van der Waals surface area contributed by atoms with Gasteiger partial charge in [0.05, 0.1) is 17.0 Å². The third-order valence-corrected chi connectivity index (χ3v) is 9.03. The van der Waals surface area contributed by atoms with Crippen molar-refractivity contribution < 1.29 is 18.8 Å². The number of amides is 1. The maximum atomic E-state index is 14.7. The highest BCUT2D eigenvalue weighted by molar-refractivity contribution is 6.34. The van der Waals surface area contributed by atoms with Gasteiger partial charge >= 0.3 is 0 Å². The van der Waals surface area contributed by atoms with E-state index in [1.165, 1.54) is 24.3 Å². The molecule has 0 bridgehead atoms. The van der Waals surface area contributed by atoms with E-state index in [1.807, 2.05) is 66.4 Å². The van der Waals surface area contributed by atoms with Crippen molar-refractivity contribution in [1.82, 2.24) is 0 Å². The number of para-hydroxylation sites is 2. The molecule has 0 saturated carbocycles. The van der Waals surface area contributed by atoms with Gasteiger partial charge in [0.15, 0.2) is 11.6 Å². The van der Waals surface area contributed by atoms with Crippen LogP contribution in [0, 0.1) is 11.7 Å². The van der Waals surface area contributed by atoms with Crippen molar-refractivity contribution in [3.8, 4) is 0 Å². The summed E-state index contributed by atoms with van der Waals surface area (Å²) in [7, 11) is 0. The highest BCUT2D eigenvalue weighted by atomic mass is 35.5. The monoisotopic (exact) mass is 562 g/mol. The fourth-order valence-corrected chi connectivity index (χ4v) is 7.23. The van der Waals surface area contributed by atoms with E-state index in [2.05, 4.69) is 5.32 Å². The van der Waals surface area contributed by atoms with Gasteiger partial charge in [0.2, 0.25) is 5.91 Å². The molecule has 3 heterocycles. The van der Waals surface area contributed by atoms with E-state index in [4.69, 9.17) is 11.6 Å². The smallest absolute Gasteiger partial charge is 0.238 e. The second kappa shape index (κ2) is 9.25. The van der Waals surface area contributed by atoms with Crippen LogP contribution in [0.25, 0.3) is 5.57 Å². The first-order valence-corrected chi connectivity index (χ1v) is 13.8. The molecule has 4 atom stereocenters. The number of ketones is 2. The van der Waals surface area contributed by atoms with Crippen molar-refractivity contribution in [2.45, 2.75) is 24.4 Å². The molecule has 1 saturated heterocycles. The van der Waals surface area contributed by atoms with Crippen molar-refractivity contribution in [1.29, 1.82) is 0 Å². The zero-order valence-corrected chi connectivity index (χ0v) is 22.7. The molecule has 41 heavy (non-hydrogen) atoms. The number of hydrogen-bond acceptors (Lipinski definition) is 4. The van der Waals surface area contributed by atoms with E-state index in [9.17, 15) is 18.8 Å². The number of rotatable bonds is 4. The van der Waals surface area contributed by atoms with Crippen molar-refractivity contribution in [2.75, 3.05) is 10.2 Å². The molecule has 1 N–H and O–H groups in total. The number of carbonyl (C=O) groups is 3. The van der Waals surface area contributed by atoms with Gasteiger partial charge in [-0.1, -0.05) is 66.2 Å². The van der Waals surface area contributed by atoms with Gasteiger partial charge in [-0.05, 0) is 66.6 Å². The number of allylic oxidation sites excluding steroid dienone is 1. The maximum Gasteiger partial charge on any atom is 0.238 e. The Morgan fingerprint density at radius 2 is 1.56 bits per heavy atom. The molecule has 5 nitrogen and oxygen atoms in total. The number of nitrogens with one attached hydrogen (secondary N) is 1. The van der Waals surface area contributed by atoms with Crippen LogP contribution in [-0.2, 0) is 10.2 Å². The van der Waals surface area contributed by atoms with Crippen LogP contribution in [0.3, 0.4) is 0 Å². The largest absolute Gasteiger partial charge is 0.352 e. The number of anilines is 2. The molecule has 4 unspecified atom stereocenters. The summed E-state index contributed by atoms with van der Waals surface area (Å²) in [6, 6.07) is 25.3. The Bertz CT molecular complexity index is 1800. The normalized spacial score (nSPS) is 23.9. The lowest BCUT2D eigenvalue weighted by Crippen LogP contribution is -2.51. The second-order valence-corrected chi connectivity index (χ2v) is 11.1. The number of Topliss-reactive ketones (excluding diaryl/α,β-unsaturated/α-hetero) is 2. The summed E-state index contributed by atoms with van der Waals surface area (Å²) in [6.07, 6.45) is 1.99. The summed E-state index contributed by atoms with van der Waals surface area (Å²) in [6.45, 7) is 1.97. The molecule has 7 rings (SSSR count). The minimum absolute atomic E-state index is 0.221. The SMILES string of the molecule is CC1=CC2N(c3ccccc31)C(C(=O)c1ccccc1Cl)C(C(=O)c1ccc(F)cc1)C21C(=O)Nc2ccccc21. The predicted molar refractivity (Wildman–Crippen MR) is 157 cm³/mol. The van der Waals surface area contributed by atoms with Gasteiger partial charge in [-0.3, -0.25) is 14.4 Å². The van der Waals surface area contributed by atoms with Gasteiger partial charge in [0.1, 0.15) is 17.3 Å². The topological polar surface area (TPSA) is 66.5 Å². The van der Waals surface area contributed by atoms with Crippen molar-refractivity contribution in [3.05, 3.63) is 136 Å². The van der Waals surface area contributed by atoms with Crippen LogP contribution in [0.2, 0.25) is 5.02 Å². The lowest BCUT2D eigenvalue weighted by molar-refractivity contribution is -0.121. The highest BCUT2D eigenvalue weighted by Gasteiger charge is 2.70. The Morgan fingerprint density at radius 3 is 2.34 bits per heavy atom. The number of halogens is 2. The predicted octanol–water partition coefficient (Wildman–Crippen LogP) is 6.73. The number of carbonyl (C=O) groups excluding carboxylic acids is 3. The zero-order valence-electron chi connectivity index (χ0n) is 22.0. The Balaban J connectivity index is 1.57. The third kappa shape index (κ3) is 3.50. The summed E-state index contributed by atoms with van der Waals surface area (Å²) in [4.78, 5) is 45.7. The molecule has 202 valence electrons. The molecule has 1 amide bonds.